The molecule has 0 aliphatic heterocycles. The highest BCUT2D eigenvalue weighted by Gasteiger charge is 2.18. The molecule has 136 valence electrons. The first-order valence-electron chi connectivity index (χ1n) is 8.17. The minimum Gasteiger partial charge on any atom is -0.450 e. The van der Waals surface area contributed by atoms with E-state index in [1.807, 2.05) is 13.8 Å². The van der Waals surface area contributed by atoms with Crippen molar-refractivity contribution < 1.29 is 14.3 Å². The molecule has 23 heavy (non-hydrogen) atoms. The van der Waals surface area contributed by atoms with Crippen molar-refractivity contribution in [1.29, 1.82) is 0 Å². The number of methoxy groups -OCH3 is 1. The minimum absolute atomic E-state index is 0.0250. The zero-order valence-electron chi connectivity index (χ0n) is 15.7. The molecule has 0 heterocycles. The smallest absolute Gasteiger partial charge is 0.407 e. The summed E-state index contributed by atoms with van der Waals surface area (Å²) in [4.78, 5) is 15.8. The molecule has 0 bridgehead atoms. The van der Waals surface area contributed by atoms with E-state index in [0.29, 0.717) is 31.6 Å². The molecule has 0 saturated carbocycles. The molecule has 0 aromatic heterocycles. The highest BCUT2D eigenvalue weighted by molar-refractivity contribution is 5.79. The van der Waals surface area contributed by atoms with Crippen molar-refractivity contribution in [2.75, 3.05) is 33.9 Å². The van der Waals surface area contributed by atoms with E-state index in [2.05, 4.69) is 34.8 Å². The molecule has 0 radical (unpaired) electrons. The van der Waals surface area contributed by atoms with Gasteiger partial charge in [0.05, 0.1) is 12.2 Å². The summed E-state index contributed by atoms with van der Waals surface area (Å²) in [6.45, 7) is 11.6. The van der Waals surface area contributed by atoms with Gasteiger partial charge in [-0.25, -0.2) is 4.79 Å². The zero-order chi connectivity index (χ0) is 17.9. The van der Waals surface area contributed by atoms with Crippen LogP contribution in [0.3, 0.4) is 0 Å². The van der Waals surface area contributed by atoms with Gasteiger partial charge in [-0.3, -0.25) is 4.99 Å². The van der Waals surface area contributed by atoms with E-state index >= 15 is 0 Å². The second-order valence-corrected chi connectivity index (χ2v) is 6.46. The summed E-state index contributed by atoms with van der Waals surface area (Å²) >= 11 is 0. The van der Waals surface area contributed by atoms with Crippen molar-refractivity contribution in [2.24, 2.45) is 10.9 Å². The normalized spacial score (nSPS) is 13.7. The Balaban J connectivity index is 4.47. The summed E-state index contributed by atoms with van der Waals surface area (Å²) in [5, 5.41) is 9.33. The maximum atomic E-state index is 11.6. The fourth-order valence-electron chi connectivity index (χ4n) is 1.91. The molecule has 1 atom stereocenters. The van der Waals surface area contributed by atoms with E-state index in [9.17, 15) is 4.79 Å². The van der Waals surface area contributed by atoms with Crippen molar-refractivity contribution in [3.8, 4) is 0 Å². The summed E-state index contributed by atoms with van der Waals surface area (Å²) < 4.78 is 10.3. The lowest BCUT2D eigenvalue weighted by molar-refractivity contribution is 0.0268. The van der Waals surface area contributed by atoms with Gasteiger partial charge >= 0.3 is 6.09 Å². The molecular formula is C16H34N4O3. The Labute approximate surface area is 140 Å². The fourth-order valence-corrected chi connectivity index (χ4v) is 1.91. The van der Waals surface area contributed by atoms with Crippen molar-refractivity contribution in [1.82, 2.24) is 16.0 Å². The molecule has 7 nitrogen and oxygen atoms in total. The molecule has 0 aromatic carbocycles. The molecule has 3 N–H and O–H groups in total. The molecule has 7 heteroatoms. The van der Waals surface area contributed by atoms with Crippen LogP contribution in [0, 0.1) is 5.92 Å². The number of ether oxygens (including phenoxy) is 2. The van der Waals surface area contributed by atoms with Crippen LogP contribution in [0.25, 0.3) is 0 Å². The van der Waals surface area contributed by atoms with Gasteiger partial charge in [0, 0.05) is 33.3 Å². The predicted octanol–water partition coefficient (Wildman–Crippen LogP) is 1.74. The number of alkyl carbamates (subject to hydrolysis) is 1. The Morgan fingerprint density at radius 2 is 1.91 bits per heavy atom. The van der Waals surface area contributed by atoms with Crippen LogP contribution in [0.1, 0.15) is 41.0 Å². The zero-order valence-corrected chi connectivity index (χ0v) is 15.7. The van der Waals surface area contributed by atoms with Crippen molar-refractivity contribution in [2.45, 2.75) is 52.7 Å². The van der Waals surface area contributed by atoms with Crippen LogP contribution >= 0.6 is 0 Å². The number of hydrogen-bond donors (Lipinski definition) is 3. The predicted molar refractivity (Wildman–Crippen MR) is 93.9 cm³/mol. The van der Waals surface area contributed by atoms with Crippen LogP contribution < -0.4 is 16.0 Å². The quantitative estimate of drug-likeness (QED) is 0.443. The molecule has 0 spiro atoms. The summed E-state index contributed by atoms with van der Waals surface area (Å²) in [6.07, 6.45) is 0.468. The highest BCUT2D eigenvalue weighted by atomic mass is 16.5. The SMILES string of the molecule is CCOC(=O)NC(CNC(=NC)NCC(C)(C)OC)CC(C)C. The van der Waals surface area contributed by atoms with Gasteiger partial charge in [-0.1, -0.05) is 13.8 Å². The molecule has 0 aromatic rings. The van der Waals surface area contributed by atoms with Gasteiger partial charge in [0.25, 0.3) is 0 Å². The lowest BCUT2D eigenvalue weighted by Gasteiger charge is -2.26. The van der Waals surface area contributed by atoms with E-state index in [1.165, 1.54) is 0 Å². The number of hydrogen-bond acceptors (Lipinski definition) is 4. The van der Waals surface area contributed by atoms with Crippen LogP contribution in [0.15, 0.2) is 4.99 Å². The fraction of sp³-hybridized carbons (Fsp3) is 0.875. The molecule has 0 aliphatic rings. The summed E-state index contributed by atoms with van der Waals surface area (Å²) in [7, 11) is 3.39. The Kier molecular flexibility index (Phi) is 10.4. The Morgan fingerprint density at radius 3 is 2.39 bits per heavy atom. The first-order valence-corrected chi connectivity index (χ1v) is 8.17. The molecular weight excluding hydrogens is 296 g/mol. The average Bonchev–Trinajstić information content (AvgIpc) is 2.46. The maximum absolute atomic E-state index is 11.6. The first-order chi connectivity index (χ1) is 10.7. The topological polar surface area (TPSA) is 84.0 Å². The number of nitrogens with one attached hydrogen (secondary N) is 3. The number of carbonyl (C=O) groups excluding carboxylic acids is 1. The Morgan fingerprint density at radius 1 is 1.26 bits per heavy atom. The molecule has 0 rings (SSSR count). The van der Waals surface area contributed by atoms with Crippen molar-refractivity contribution in [3.05, 3.63) is 0 Å². The van der Waals surface area contributed by atoms with Gasteiger partial charge in [-0.15, -0.1) is 0 Å². The van der Waals surface area contributed by atoms with Gasteiger partial charge in [0.1, 0.15) is 0 Å². The van der Waals surface area contributed by atoms with E-state index in [-0.39, 0.29) is 17.7 Å². The third-order valence-electron chi connectivity index (χ3n) is 3.33. The molecule has 0 saturated heterocycles. The summed E-state index contributed by atoms with van der Waals surface area (Å²) in [5.41, 5.74) is -0.280. The molecule has 1 amide bonds. The van der Waals surface area contributed by atoms with Gasteiger partial charge in [0.15, 0.2) is 5.96 Å². The van der Waals surface area contributed by atoms with Crippen LogP contribution in [0.2, 0.25) is 0 Å². The lowest BCUT2D eigenvalue weighted by atomic mass is 10.0. The second-order valence-electron chi connectivity index (χ2n) is 6.46. The van der Waals surface area contributed by atoms with E-state index in [0.717, 1.165) is 6.42 Å². The van der Waals surface area contributed by atoms with Crippen LogP contribution in [-0.4, -0.2) is 57.5 Å². The standard InChI is InChI=1S/C16H34N4O3/c1-8-23-15(21)20-13(9-12(2)3)10-18-14(17-6)19-11-16(4,5)22-7/h12-13H,8-11H2,1-7H3,(H,20,21)(H2,17,18,19). The Bertz CT molecular complexity index is 370. The number of rotatable bonds is 9. The monoisotopic (exact) mass is 330 g/mol. The molecule has 1 unspecified atom stereocenters. The highest BCUT2D eigenvalue weighted by Crippen LogP contribution is 2.05. The van der Waals surface area contributed by atoms with Crippen molar-refractivity contribution in [3.63, 3.8) is 0 Å². The summed E-state index contributed by atoms with van der Waals surface area (Å²) in [5.74, 6) is 1.14. The molecule has 0 fully saturated rings. The van der Waals surface area contributed by atoms with Gasteiger partial charge < -0.3 is 25.4 Å². The lowest BCUT2D eigenvalue weighted by Crippen LogP contribution is -2.50. The number of carbonyl (C=O) groups is 1. The second kappa shape index (κ2) is 11.1. The summed E-state index contributed by atoms with van der Waals surface area (Å²) in [6, 6.07) is -0.0250. The number of nitrogens with zero attached hydrogens (tertiary/aromatic N) is 1. The van der Waals surface area contributed by atoms with Crippen LogP contribution in [0.5, 0.6) is 0 Å². The van der Waals surface area contributed by atoms with Gasteiger partial charge in [-0.05, 0) is 33.1 Å². The molecule has 0 aliphatic carbocycles. The van der Waals surface area contributed by atoms with Crippen LogP contribution in [0.4, 0.5) is 4.79 Å². The number of amides is 1. The van der Waals surface area contributed by atoms with E-state index in [1.54, 1.807) is 21.1 Å². The largest absolute Gasteiger partial charge is 0.450 e. The Hall–Kier alpha value is -1.50. The average molecular weight is 330 g/mol. The van der Waals surface area contributed by atoms with E-state index < -0.39 is 0 Å². The third-order valence-corrected chi connectivity index (χ3v) is 3.33. The van der Waals surface area contributed by atoms with Gasteiger partial charge in [0.2, 0.25) is 0 Å². The van der Waals surface area contributed by atoms with E-state index in [4.69, 9.17) is 9.47 Å². The van der Waals surface area contributed by atoms with Crippen molar-refractivity contribution >= 4 is 12.1 Å². The maximum Gasteiger partial charge on any atom is 0.407 e. The van der Waals surface area contributed by atoms with Gasteiger partial charge in [-0.2, -0.15) is 0 Å². The number of aliphatic imine (C=N–C) groups is 1. The third kappa shape index (κ3) is 10.8. The first kappa shape index (κ1) is 21.5. The minimum atomic E-state index is -0.386. The van der Waals surface area contributed by atoms with Crippen LogP contribution in [-0.2, 0) is 9.47 Å². The number of guanidine groups is 1.